The maximum Gasteiger partial charge on any atom is 0.347 e. The first-order valence-electron chi connectivity index (χ1n) is 7.28. The Kier molecular flexibility index (Phi) is 5.19. The maximum atomic E-state index is 11.0. The minimum atomic E-state index is -0.900. The van der Waals surface area contributed by atoms with Crippen molar-refractivity contribution >= 4 is 17.3 Å². The Bertz CT molecular complexity index is 691. The second kappa shape index (κ2) is 6.92. The van der Waals surface area contributed by atoms with Gasteiger partial charge in [0.2, 0.25) is 0 Å². The van der Waals surface area contributed by atoms with Crippen molar-refractivity contribution in [1.29, 1.82) is 0 Å². The molecule has 0 atom stereocenters. The second-order valence-corrected chi connectivity index (χ2v) is 6.56. The topological polar surface area (TPSA) is 59.4 Å². The van der Waals surface area contributed by atoms with E-state index in [1.165, 1.54) is 22.5 Å². The number of benzene rings is 1. The third-order valence-corrected chi connectivity index (χ3v) is 4.82. The van der Waals surface area contributed by atoms with Gasteiger partial charge < -0.3 is 9.84 Å². The summed E-state index contributed by atoms with van der Waals surface area (Å²) in [5, 5.41) is 9.88. The Balaban J connectivity index is 1.88. The SMILES string of the molecule is Cc1cc(C)c(OCCCc2nc(C)c(C(=O)O)s2)cc1C. The molecule has 0 saturated carbocycles. The summed E-state index contributed by atoms with van der Waals surface area (Å²) in [6.45, 7) is 8.55. The predicted molar refractivity (Wildman–Crippen MR) is 88.3 cm³/mol. The molecule has 0 bridgehead atoms. The highest BCUT2D eigenvalue weighted by atomic mass is 32.1. The highest BCUT2D eigenvalue weighted by molar-refractivity contribution is 7.13. The Morgan fingerprint density at radius 3 is 2.50 bits per heavy atom. The number of ether oxygens (including phenoxy) is 1. The lowest BCUT2D eigenvalue weighted by Gasteiger charge is -2.11. The molecule has 5 heteroatoms. The van der Waals surface area contributed by atoms with Gasteiger partial charge in [-0.25, -0.2) is 9.78 Å². The van der Waals surface area contributed by atoms with Gasteiger partial charge in [-0.05, 0) is 56.9 Å². The van der Waals surface area contributed by atoms with E-state index in [2.05, 4.69) is 31.0 Å². The zero-order valence-corrected chi connectivity index (χ0v) is 14.2. The number of aromatic nitrogens is 1. The molecule has 2 rings (SSSR count). The summed E-state index contributed by atoms with van der Waals surface area (Å²) < 4.78 is 5.84. The van der Waals surface area contributed by atoms with Gasteiger partial charge in [0.05, 0.1) is 17.3 Å². The van der Waals surface area contributed by atoms with E-state index < -0.39 is 5.97 Å². The minimum Gasteiger partial charge on any atom is -0.493 e. The Morgan fingerprint density at radius 2 is 1.86 bits per heavy atom. The smallest absolute Gasteiger partial charge is 0.347 e. The number of carboxylic acids is 1. The molecule has 4 nitrogen and oxygen atoms in total. The molecule has 0 radical (unpaired) electrons. The fourth-order valence-electron chi connectivity index (χ4n) is 2.25. The molecule has 0 amide bonds. The van der Waals surface area contributed by atoms with E-state index in [-0.39, 0.29) is 0 Å². The van der Waals surface area contributed by atoms with E-state index in [1.54, 1.807) is 6.92 Å². The summed E-state index contributed by atoms with van der Waals surface area (Å²) in [5.74, 6) is 0.0212. The molecule has 0 fully saturated rings. The second-order valence-electron chi connectivity index (χ2n) is 5.48. The molecule has 0 aliphatic rings. The first kappa shape index (κ1) is 16.5. The van der Waals surface area contributed by atoms with Gasteiger partial charge in [0.25, 0.3) is 0 Å². The quantitative estimate of drug-likeness (QED) is 0.815. The van der Waals surface area contributed by atoms with Crippen molar-refractivity contribution < 1.29 is 14.6 Å². The van der Waals surface area contributed by atoms with Gasteiger partial charge in [0.1, 0.15) is 10.6 Å². The number of aryl methyl sites for hydroxylation is 5. The van der Waals surface area contributed by atoms with E-state index in [4.69, 9.17) is 9.84 Å². The van der Waals surface area contributed by atoms with Crippen LogP contribution in [0.25, 0.3) is 0 Å². The molecule has 0 aliphatic carbocycles. The van der Waals surface area contributed by atoms with Crippen LogP contribution in [-0.4, -0.2) is 22.7 Å². The Hall–Kier alpha value is -1.88. The highest BCUT2D eigenvalue weighted by Crippen LogP contribution is 2.23. The predicted octanol–water partition coefficient (Wildman–Crippen LogP) is 4.09. The van der Waals surface area contributed by atoms with Crippen LogP contribution in [0.1, 0.15) is 43.5 Å². The van der Waals surface area contributed by atoms with Crippen LogP contribution in [0.2, 0.25) is 0 Å². The summed E-state index contributed by atoms with van der Waals surface area (Å²) in [6, 6.07) is 4.20. The van der Waals surface area contributed by atoms with Crippen LogP contribution in [0.15, 0.2) is 12.1 Å². The van der Waals surface area contributed by atoms with Gasteiger partial charge in [0, 0.05) is 6.42 Å². The molecule has 0 aliphatic heterocycles. The van der Waals surface area contributed by atoms with Crippen molar-refractivity contribution in [2.24, 2.45) is 0 Å². The molecule has 0 saturated heterocycles. The summed E-state index contributed by atoms with van der Waals surface area (Å²) in [4.78, 5) is 15.6. The van der Waals surface area contributed by atoms with E-state index >= 15 is 0 Å². The summed E-state index contributed by atoms with van der Waals surface area (Å²) in [6.07, 6.45) is 1.56. The first-order chi connectivity index (χ1) is 10.4. The van der Waals surface area contributed by atoms with Crippen molar-refractivity contribution in [2.45, 2.75) is 40.5 Å². The standard InChI is InChI=1S/C17H21NO3S/c1-10-8-12(3)14(9-11(10)2)21-7-5-6-15-18-13(4)16(22-15)17(19)20/h8-9H,5-7H2,1-4H3,(H,19,20). The number of thiazole rings is 1. The highest BCUT2D eigenvalue weighted by Gasteiger charge is 2.13. The molecule has 1 heterocycles. The molecule has 118 valence electrons. The van der Waals surface area contributed by atoms with Gasteiger partial charge in [-0.2, -0.15) is 0 Å². The van der Waals surface area contributed by atoms with Crippen LogP contribution in [0.5, 0.6) is 5.75 Å². The van der Waals surface area contributed by atoms with Crippen LogP contribution in [0.3, 0.4) is 0 Å². The molecule has 0 spiro atoms. The number of hydrogen-bond donors (Lipinski definition) is 1. The monoisotopic (exact) mass is 319 g/mol. The average Bonchev–Trinajstić information content (AvgIpc) is 2.81. The zero-order chi connectivity index (χ0) is 16.3. The van der Waals surface area contributed by atoms with E-state index in [1.807, 2.05) is 6.92 Å². The number of hydrogen-bond acceptors (Lipinski definition) is 4. The minimum absolute atomic E-state index is 0.334. The van der Waals surface area contributed by atoms with Crippen molar-refractivity contribution in [3.8, 4) is 5.75 Å². The molecular weight excluding hydrogens is 298 g/mol. The largest absolute Gasteiger partial charge is 0.493 e. The van der Waals surface area contributed by atoms with Crippen LogP contribution in [0.4, 0.5) is 0 Å². The fraction of sp³-hybridized carbons (Fsp3) is 0.412. The molecular formula is C17H21NO3S. The third-order valence-electron chi connectivity index (χ3n) is 3.62. The van der Waals surface area contributed by atoms with Gasteiger partial charge >= 0.3 is 5.97 Å². The van der Waals surface area contributed by atoms with Crippen molar-refractivity contribution in [3.05, 3.63) is 44.4 Å². The van der Waals surface area contributed by atoms with E-state index in [9.17, 15) is 4.79 Å². The summed E-state index contributed by atoms with van der Waals surface area (Å²) in [7, 11) is 0. The maximum absolute atomic E-state index is 11.0. The van der Waals surface area contributed by atoms with Gasteiger partial charge in [0.15, 0.2) is 0 Å². The third kappa shape index (κ3) is 3.85. The molecule has 1 N–H and O–H groups in total. The van der Waals surface area contributed by atoms with Gasteiger partial charge in [-0.1, -0.05) is 6.07 Å². The normalized spacial score (nSPS) is 10.7. The van der Waals surface area contributed by atoms with Crippen molar-refractivity contribution in [2.75, 3.05) is 6.61 Å². The van der Waals surface area contributed by atoms with Crippen LogP contribution in [-0.2, 0) is 6.42 Å². The summed E-state index contributed by atoms with van der Waals surface area (Å²) >= 11 is 1.26. The zero-order valence-electron chi connectivity index (χ0n) is 13.4. The number of carbonyl (C=O) groups is 1. The van der Waals surface area contributed by atoms with Gasteiger partial charge in [-0.15, -0.1) is 11.3 Å². The lowest BCUT2D eigenvalue weighted by Crippen LogP contribution is -2.01. The average molecular weight is 319 g/mol. The fourth-order valence-corrected chi connectivity index (χ4v) is 3.20. The number of carboxylic acid groups (broad SMARTS) is 1. The van der Waals surface area contributed by atoms with Crippen LogP contribution >= 0.6 is 11.3 Å². The molecule has 1 aromatic heterocycles. The lowest BCUT2D eigenvalue weighted by atomic mass is 10.1. The molecule has 2 aromatic rings. The van der Waals surface area contributed by atoms with Crippen molar-refractivity contribution in [1.82, 2.24) is 4.98 Å². The van der Waals surface area contributed by atoms with Crippen LogP contribution < -0.4 is 4.74 Å². The lowest BCUT2D eigenvalue weighted by molar-refractivity contribution is 0.0701. The first-order valence-corrected chi connectivity index (χ1v) is 8.10. The van der Waals surface area contributed by atoms with Crippen LogP contribution in [0, 0.1) is 27.7 Å². The number of nitrogens with zero attached hydrogens (tertiary/aromatic N) is 1. The van der Waals surface area contributed by atoms with E-state index in [0.29, 0.717) is 17.2 Å². The van der Waals surface area contributed by atoms with Gasteiger partial charge in [-0.3, -0.25) is 0 Å². The van der Waals surface area contributed by atoms with Crippen molar-refractivity contribution in [3.63, 3.8) is 0 Å². The Morgan fingerprint density at radius 1 is 1.18 bits per heavy atom. The van der Waals surface area contributed by atoms with E-state index in [0.717, 1.165) is 29.2 Å². The molecule has 1 aromatic carbocycles. The molecule has 22 heavy (non-hydrogen) atoms. The number of aromatic carboxylic acids is 1. The Labute approximate surface area is 134 Å². The molecule has 0 unspecified atom stereocenters. The summed E-state index contributed by atoms with van der Waals surface area (Å²) in [5.41, 5.74) is 4.23. The number of rotatable bonds is 6.